The van der Waals surface area contributed by atoms with Gasteiger partial charge in [0.2, 0.25) is 10.0 Å². The summed E-state index contributed by atoms with van der Waals surface area (Å²) in [4.78, 5) is 13.8. The maximum atomic E-state index is 12.9. The van der Waals surface area contributed by atoms with Gasteiger partial charge in [0.05, 0.1) is 11.4 Å². The highest BCUT2D eigenvalue weighted by molar-refractivity contribution is 7.89. The lowest BCUT2D eigenvalue weighted by Gasteiger charge is -2.27. The molecule has 2 N–H and O–H groups in total. The molecule has 8 heteroatoms. The molecule has 0 radical (unpaired) electrons. The van der Waals surface area contributed by atoms with Gasteiger partial charge in [-0.25, -0.2) is 13.9 Å². The lowest BCUT2D eigenvalue weighted by Crippen LogP contribution is -2.49. The summed E-state index contributed by atoms with van der Waals surface area (Å²) in [6.45, 7) is 3.64. The van der Waals surface area contributed by atoms with Gasteiger partial charge in [0.25, 0.3) is 5.91 Å². The molecule has 6 nitrogen and oxygen atoms in total. The number of amides is 1. The minimum absolute atomic E-state index is 0.144. The van der Waals surface area contributed by atoms with E-state index in [1.54, 1.807) is 25.4 Å². The molecule has 1 aromatic heterocycles. The number of thiophene rings is 1. The molecule has 1 atom stereocenters. The molecule has 1 aromatic carbocycles. The van der Waals surface area contributed by atoms with Crippen molar-refractivity contribution in [2.45, 2.75) is 31.3 Å². The highest BCUT2D eigenvalue weighted by atomic mass is 32.2. The van der Waals surface area contributed by atoms with Crippen molar-refractivity contribution in [3.05, 3.63) is 41.3 Å². The number of sulfonamides is 1. The van der Waals surface area contributed by atoms with E-state index in [4.69, 9.17) is 5.21 Å². The van der Waals surface area contributed by atoms with Crippen molar-refractivity contribution < 1.29 is 18.4 Å². The fourth-order valence-electron chi connectivity index (χ4n) is 2.92. The van der Waals surface area contributed by atoms with Crippen LogP contribution < -0.4 is 5.48 Å². The summed E-state index contributed by atoms with van der Waals surface area (Å²) >= 11 is 1.41. The van der Waals surface area contributed by atoms with E-state index in [0.717, 1.165) is 10.4 Å². The molecule has 1 aliphatic heterocycles. The SMILES string of the molecule is CC(C)C(C(=O)NO)N1Cc2sc(-c3ccccc3)cc2S1(=O)=O. The topological polar surface area (TPSA) is 86.7 Å². The van der Waals surface area contributed by atoms with Crippen LogP contribution in [0.3, 0.4) is 0 Å². The first-order valence-electron chi connectivity index (χ1n) is 7.50. The summed E-state index contributed by atoms with van der Waals surface area (Å²) < 4.78 is 26.9. The first kappa shape index (κ1) is 17.1. The summed E-state index contributed by atoms with van der Waals surface area (Å²) in [5.41, 5.74) is 2.54. The Balaban J connectivity index is 1.99. The van der Waals surface area contributed by atoms with Gasteiger partial charge in [-0.05, 0) is 17.5 Å². The summed E-state index contributed by atoms with van der Waals surface area (Å²) in [5, 5.41) is 8.93. The molecular weight excluding hydrogens is 348 g/mol. The highest BCUT2D eigenvalue weighted by Gasteiger charge is 2.44. The van der Waals surface area contributed by atoms with Crippen LogP contribution in [-0.4, -0.2) is 29.9 Å². The van der Waals surface area contributed by atoms with Crippen LogP contribution in [0.5, 0.6) is 0 Å². The monoisotopic (exact) mass is 366 g/mol. The predicted octanol–water partition coefficient (Wildman–Crippen LogP) is 2.45. The smallest absolute Gasteiger partial charge is 0.262 e. The van der Waals surface area contributed by atoms with Gasteiger partial charge in [0.15, 0.2) is 0 Å². The number of nitrogens with zero attached hydrogens (tertiary/aromatic N) is 1. The number of benzene rings is 1. The molecule has 24 heavy (non-hydrogen) atoms. The van der Waals surface area contributed by atoms with E-state index in [1.165, 1.54) is 15.6 Å². The third-order valence-corrected chi connectivity index (χ3v) is 7.23. The van der Waals surface area contributed by atoms with Crippen molar-refractivity contribution in [1.82, 2.24) is 9.79 Å². The summed E-state index contributed by atoms with van der Waals surface area (Å²) in [5.74, 6) is -0.985. The lowest BCUT2D eigenvalue weighted by atomic mass is 10.0. The van der Waals surface area contributed by atoms with Crippen LogP contribution in [0.2, 0.25) is 0 Å². The standard InChI is InChI=1S/C16H18N2O4S2/c1-10(2)15(16(19)17-20)18-9-13-14(24(18,21)22)8-12(23-13)11-6-4-3-5-7-11/h3-8,10,15,20H,9H2,1-2H3,(H,17,19). The summed E-state index contributed by atoms with van der Waals surface area (Å²) in [6.07, 6.45) is 0. The summed E-state index contributed by atoms with van der Waals surface area (Å²) in [6, 6.07) is 10.3. The zero-order chi connectivity index (χ0) is 17.5. The number of hydrogen-bond donors (Lipinski definition) is 2. The third kappa shape index (κ3) is 2.75. The summed E-state index contributed by atoms with van der Waals surface area (Å²) in [7, 11) is -3.76. The Bertz CT molecular complexity index is 859. The van der Waals surface area contributed by atoms with E-state index in [-0.39, 0.29) is 17.4 Å². The van der Waals surface area contributed by atoms with Crippen molar-refractivity contribution >= 4 is 27.3 Å². The molecule has 0 fully saturated rings. The molecule has 2 heterocycles. The minimum Gasteiger partial charge on any atom is -0.289 e. The largest absolute Gasteiger partial charge is 0.289 e. The number of fused-ring (bicyclic) bond motifs is 1. The van der Waals surface area contributed by atoms with Crippen molar-refractivity contribution in [3.8, 4) is 10.4 Å². The lowest BCUT2D eigenvalue weighted by molar-refractivity contribution is -0.134. The molecule has 0 bridgehead atoms. The second-order valence-electron chi connectivity index (χ2n) is 5.98. The number of hydroxylamine groups is 1. The highest BCUT2D eigenvalue weighted by Crippen LogP contribution is 2.42. The van der Waals surface area contributed by atoms with E-state index in [0.29, 0.717) is 4.88 Å². The first-order valence-corrected chi connectivity index (χ1v) is 9.76. The van der Waals surface area contributed by atoms with Crippen molar-refractivity contribution in [1.29, 1.82) is 0 Å². The third-order valence-electron chi connectivity index (χ3n) is 4.04. The van der Waals surface area contributed by atoms with Crippen LogP contribution in [0, 0.1) is 5.92 Å². The van der Waals surface area contributed by atoms with Gasteiger partial charge in [-0.3, -0.25) is 10.0 Å². The van der Waals surface area contributed by atoms with Gasteiger partial charge < -0.3 is 0 Å². The van der Waals surface area contributed by atoms with Gasteiger partial charge in [-0.15, -0.1) is 11.3 Å². The second-order valence-corrected chi connectivity index (χ2v) is 8.98. The van der Waals surface area contributed by atoms with Gasteiger partial charge in [0, 0.05) is 9.75 Å². The molecular formula is C16H18N2O4S2. The Labute approximate surface area is 144 Å². The number of carbonyl (C=O) groups is 1. The molecule has 3 rings (SSSR count). The number of carbonyl (C=O) groups excluding carboxylic acids is 1. The van der Waals surface area contributed by atoms with Gasteiger partial charge in [-0.2, -0.15) is 4.31 Å². The Hall–Kier alpha value is -1.74. The van der Waals surface area contributed by atoms with Gasteiger partial charge in [-0.1, -0.05) is 44.2 Å². The average molecular weight is 366 g/mol. The first-order chi connectivity index (χ1) is 11.4. The molecule has 128 valence electrons. The van der Waals surface area contributed by atoms with E-state index in [2.05, 4.69) is 0 Å². The molecule has 0 saturated heterocycles. The van der Waals surface area contributed by atoms with E-state index >= 15 is 0 Å². The van der Waals surface area contributed by atoms with E-state index in [9.17, 15) is 13.2 Å². The van der Waals surface area contributed by atoms with Gasteiger partial charge >= 0.3 is 0 Å². The molecule has 0 aliphatic carbocycles. The van der Waals surface area contributed by atoms with Crippen LogP contribution in [0.15, 0.2) is 41.3 Å². The Morgan fingerprint density at radius 2 is 1.96 bits per heavy atom. The number of nitrogens with one attached hydrogen (secondary N) is 1. The zero-order valence-corrected chi connectivity index (χ0v) is 14.9. The normalized spacial score (nSPS) is 17.7. The van der Waals surface area contributed by atoms with Crippen LogP contribution in [-0.2, 0) is 21.4 Å². The van der Waals surface area contributed by atoms with Crippen LogP contribution in [0.4, 0.5) is 0 Å². The molecule has 1 amide bonds. The fraction of sp³-hybridized carbons (Fsp3) is 0.312. The molecule has 0 saturated carbocycles. The van der Waals surface area contributed by atoms with Crippen molar-refractivity contribution in [2.24, 2.45) is 5.92 Å². The average Bonchev–Trinajstić information content (AvgIpc) is 3.07. The number of hydrogen-bond acceptors (Lipinski definition) is 5. The van der Waals surface area contributed by atoms with Crippen LogP contribution in [0.25, 0.3) is 10.4 Å². The van der Waals surface area contributed by atoms with Crippen molar-refractivity contribution in [2.75, 3.05) is 0 Å². The second kappa shape index (κ2) is 6.29. The Kier molecular flexibility index (Phi) is 4.48. The van der Waals surface area contributed by atoms with Crippen LogP contribution in [0.1, 0.15) is 18.7 Å². The van der Waals surface area contributed by atoms with E-state index < -0.39 is 22.0 Å². The van der Waals surface area contributed by atoms with Crippen molar-refractivity contribution in [3.63, 3.8) is 0 Å². The Morgan fingerprint density at radius 1 is 1.29 bits per heavy atom. The maximum absolute atomic E-state index is 12.9. The molecule has 0 spiro atoms. The predicted molar refractivity (Wildman–Crippen MR) is 91.0 cm³/mol. The zero-order valence-electron chi connectivity index (χ0n) is 13.3. The van der Waals surface area contributed by atoms with E-state index in [1.807, 2.05) is 30.3 Å². The quantitative estimate of drug-likeness (QED) is 0.643. The molecule has 2 aromatic rings. The number of rotatable bonds is 4. The van der Waals surface area contributed by atoms with Crippen LogP contribution >= 0.6 is 11.3 Å². The molecule has 1 aliphatic rings. The maximum Gasteiger partial charge on any atom is 0.262 e. The minimum atomic E-state index is -3.76. The fourth-order valence-corrected chi connectivity index (χ4v) is 6.38. The Morgan fingerprint density at radius 3 is 2.50 bits per heavy atom. The van der Waals surface area contributed by atoms with Gasteiger partial charge in [0.1, 0.15) is 6.04 Å². The molecule has 1 unspecified atom stereocenters.